The first-order chi connectivity index (χ1) is 11.0. The highest BCUT2D eigenvalue weighted by Crippen LogP contribution is 2.45. The third-order valence-electron chi connectivity index (χ3n) is 6.53. The van der Waals surface area contributed by atoms with Gasteiger partial charge >= 0.3 is 0 Å². The van der Waals surface area contributed by atoms with Crippen LogP contribution >= 0.6 is 0 Å². The predicted molar refractivity (Wildman–Crippen MR) is 108 cm³/mol. The number of hydrogen-bond donors (Lipinski definition) is 0. The van der Waals surface area contributed by atoms with E-state index in [1.165, 1.54) is 25.3 Å². The van der Waals surface area contributed by atoms with Crippen molar-refractivity contribution in [2.45, 2.75) is 93.9 Å². The highest BCUT2D eigenvalue weighted by atomic mass is 16.1. The van der Waals surface area contributed by atoms with E-state index >= 15 is 0 Å². The average molecular weight is 335 g/mol. The van der Waals surface area contributed by atoms with Gasteiger partial charge in [-0.15, -0.1) is 0 Å². The van der Waals surface area contributed by atoms with Gasteiger partial charge in [0.1, 0.15) is 0 Å². The SMILES string of the molecule is C=CC(=O)C(C)(CC)C(C)CC(C)(CC)CCC(C)(C)CC=CC. The summed E-state index contributed by atoms with van der Waals surface area (Å²) in [5.74, 6) is 0.570. The second-order valence-electron chi connectivity index (χ2n) is 9.05. The zero-order valence-electron chi connectivity index (χ0n) is 17.7. The molecule has 0 rings (SSSR count). The van der Waals surface area contributed by atoms with Crippen molar-refractivity contribution in [3.63, 3.8) is 0 Å². The molecule has 0 aliphatic carbocycles. The van der Waals surface area contributed by atoms with Crippen LogP contribution in [-0.4, -0.2) is 5.78 Å². The van der Waals surface area contributed by atoms with Crippen LogP contribution in [0.5, 0.6) is 0 Å². The minimum atomic E-state index is -0.279. The Balaban J connectivity index is 5.05. The molecule has 0 heterocycles. The van der Waals surface area contributed by atoms with Gasteiger partial charge in [0, 0.05) is 5.41 Å². The van der Waals surface area contributed by atoms with Gasteiger partial charge < -0.3 is 0 Å². The normalized spacial score (nSPS) is 18.8. The Bertz CT molecular complexity index is 431. The molecule has 0 fully saturated rings. The Morgan fingerprint density at radius 3 is 2.08 bits per heavy atom. The molecule has 0 aliphatic heterocycles. The number of hydrogen-bond acceptors (Lipinski definition) is 1. The summed E-state index contributed by atoms with van der Waals surface area (Å²) < 4.78 is 0. The minimum Gasteiger partial charge on any atom is -0.294 e. The van der Waals surface area contributed by atoms with Crippen LogP contribution in [0, 0.1) is 22.2 Å². The molecular formula is C23H42O. The van der Waals surface area contributed by atoms with Gasteiger partial charge in [-0.1, -0.05) is 73.6 Å². The topological polar surface area (TPSA) is 17.1 Å². The number of ketones is 1. The lowest BCUT2D eigenvalue weighted by Crippen LogP contribution is -2.36. The summed E-state index contributed by atoms with van der Waals surface area (Å²) in [5, 5.41) is 0. The summed E-state index contributed by atoms with van der Waals surface area (Å²) >= 11 is 0. The van der Waals surface area contributed by atoms with E-state index < -0.39 is 0 Å². The van der Waals surface area contributed by atoms with E-state index in [2.05, 4.69) is 74.1 Å². The Morgan fingerprint density at radius 1 is 1.08 bits per heavy atom. The van der Waals surface area contributed by atoms with E-state index in [1.54, 1.807) is 0 Å². The molecule has 0 aromatic carbocycles. The molecule has 3 atom stereocenters. The monoisotopic (exact) mass is 334 g/mol. The van der Waals surface area contributed by atoms with E-state index in [9.17, 15) is 4.79 Å². The van der Waals surface area contributed by atoms with Crippen molar-refractivity contribution >= 4 is 5.78 Å². The third kappa shape index (κ3) is 6.57. The zero-order valence-corrected chi connectivity index (χ0v) is 17.7. The van der Waals surface area contributed by atoms with Gasteiger partial charge in [0.2, 0.25) is 0 Å². The number of carbonyl (C=O) groups excluding carboxylic acids is 1. The maximum absolute atomic E-state index is 12.4. The van der Waals surface area contributed by atoms with Crippen molar-refractivity contribution in [1.82, 2.24) is 0 Å². The van der Waals surface area contributed by atoms with E-state index in [4.69, 9.17) is 0 Å². The summed E-state index contributed by atoms with van der Waals surface area (Å²) in [6, 6.07) is 0. The van der Waals surface area contributed by atoms with Gasteiger partial charge in [-0.05, 0) is 61.9 Å². The fourth-order valence-corrected chi connectivity index (χ4v) is 3.57. The van der Waals surface area contributed by atoms with Crippen LogP contribution in [0.1, 0.15) is 93.9 Å². The van der Waals surface area contributed by atoms with Crippen molar-refractivity contribution in [2.24, 2.45) is 22.2 Å². The summed E-state index contributed by atoms with van der Waals surface area (Å²) in [4.78, 5) is 12.4. The molecule has 0 aromatic rings. The molecule has 0 radical (unpaired) electrons. The minimum absolute atomic E-state index is 0.198. The lowest BCUT2D eigenvalue weighted by molar-refractivity contribution is -0.126. The van der Waals surface area contributed by atoms with Crippen LogP contribution in [0.25, 0.3) is 0 Å². The van der Waals surface area contributed by atoms with Gasteiger partial charge in [0.25, 0.3) is 0 Å². The largest absolute Gasteiger partial charge is 0.294 e. The standard InChI is InChI=1S/C23H42O/c1-10-14-15-21(6,7)16-17-22(8,12-3)18-19(5)23(9,13-4)20(24)11-2/h10-11,14,19H,2,12-13,15-18H2,1,3-9H3. The lowest BCUT2D eigenvalue weighted by Gasteiger charge is -2.40. The molecule has 140 valence electrons. The molecule has 1 nitrogen and oxygen atoms in total. The molecule has 0 spiro atoms. The molecule has 0 saturated carbocycles. The van der Waals surface area contributed by atoms with Gasteiger partial charge in [-0.25, -0.2) is 0 Å². The van der Waals surface area contributed by atoms with Crippen molar-refractivity contribution in [3.05, 3.63) is 24.8 Å². The smallest absolute Gasteiger partial charge is 0.161 e. The quantitative estimate of drug-likeness (QED) is 0.269. The summed E-state index contributed by atoms with van der Waals surface area (Å²) in [5.41, 5.74) is 0.361. The first kappa shape index (κ1) is 23.1. The summed E-state index contributed by atoms with van der Waals surface area (Å²) in [6.45, 7) is 21.7. The van der Waals surface area contributed by atoms with Crippen molar-refractivity contribution in [1.29, 1.82) is 0 Å². The predicted octanol–water partition coefficient (Wildman–Crippen LogP) is 7.37. The van der Waals surface area contributed by atoms with Gasteiger partial charge in [-0.3, -0.25) is 4.79 Å². The number of carbonyl (C=O) groups is 1. The van der Waals surface area contributed by atoms with Gasteiger partial charge in [-0.2, -0.15) is 0 Å². The molecule has 3 unspecified atom stereocenters. The van der Waals surface area contributed by atoms with Crippen LogP contribution in [0.15, 0.2) is 24.8 Å². The van der Waals surface area contributed by atoms with E-state index in [1.807, 2.05) is 0 Å². The van der Waals surface area contributed by atoms with E-state index in [0.29, 0.717) is 16.7 Å². The average Bonchev–Trinajstić information content (AvgIpc) is 2.56. The molecule has 0 aromatic heterocycles. The molecular weight excluding hydrogens is 292 g/mol. The lowest BCUT2D eigenvalue weighted by atomic mass is 9.64. The van der Waals surface area contributed by atoms with E-state index in [0.717, 1.165) is 19.3 Å². The Kier molecular flexibility index (Phi) is 9.25. The first-order valence-corrected chi connectivity index (χ1v) is 9.78. The maximum atomic E-state index is 12.4. The van der Waals surface area contributed by atoms with Gasteiger partial charge in [0.15, 0.2) is 5.78 Å². The fraction of sp³-hybridized carbons (Fsp3) is 0.783. The Labute approximate surface area is 152 Å². The van der Waals surface area contributed by atoms with Crippen molar-refractivity contribution < 1.29 is 4.79 Å². The Morgan fingerprint density at radius 2 is 1.67 bits per heavy atom. The second kappa shape index (κ2) is 9.59. The third-order valence-corrected chi connectivity index (χ3v) is 6.53. The van der Waals surface area contributed by atoms with Crippen LogP contribution in [0.4, 0.5) is 0 Å². The van der Waals surface area contributed by atoms with Crippen LogP contribution in [-0.2, 0) is 4.79 Å². The first-order valence-electron chi connectivity index (χ1n) is 9.78. The highest BCUT2D eigenvalue weighted by Gasteiger charge is 2.39. The Hall–Kier alpha value is -0.850. The zero-order chi connectivity index (χ0) is 19.0. The van der Waals surface area contributed by atoms with Crippen LogP contribution < -0.4 is 0 Å². The highest BCUT2D eigenvalue weighted by molar-refractivity contribution is 5.94. The van der Waals surface area contributed by atoms with E-state index in [-0.39, 0.29) is 11.2 Å². The number of allylic oxidation sites excluding steroid dienone is 3. The molecule has 1 heteroatoms. The van der Waals surface area contributed by atoms with Crippen molar-refractivity contribution in [3.8, 4) is 0 Å². The summed E-state index contributed by atoms with van der Waals surface area (Å²) in [6.07, 6.45) is 12.7. The molecule has 0 amide bonds. The summed E-state index contributed by atoms with van der Waals surface area (Å²) in [7, 11) is 0. The molecule has 0 saturated heterocycles. The molecule has 0 N–H and O–H groups in total. The fourth-order valence-electron chi connectivity index (χ4n) is 3.57. The van der Waals surface area contributed by atoms with Gasteiger partial charge in [0.05, 0.1) is 0 Å². The second-order valence-corrected chi connectivity index (χ2v) is 9.05. The van der Waals surface area contributed by atoms with Crippen LogP contribution in [0.3, 0.4) is 0 Å². The molecule has 0 aliphatic rings. The molecule has 24 heavy (non-hydrogen) atoms. The molecule has 0 bridgehead atoms. The maximum Gasteiger partial charge on any atom is 0.161 e. The number of rotatable bonds is 12. The van der Waals surface area contributed by atoms with Crippen LogP contribution in [0.2, 0.25) is 0 Å². The van der Waals surface area contributed by atoms with Crippen molar-refractivity contribution in [2.75, 3.05) is 0 Å².